The molecule has 158 valence electrons. The minimum atomic E-state index is 0.0730. The minimum absolute atomic E-state index is 0.0730. The highest BCUT2D eigenvalue weighted by atomic mass is 79.9. The van der Waals surface area contributed by atoms with E-state index in [1.165, 1.54) is 19.3 Å². The van der Waals surface area contributed by atoms with Crippen LogP contribution in [0.2, 0.25) is 0 Å². The maximum atomic E-state index is 12.8. The first-order valence-corrected chi connectivity index (χ1v) is 11.6. The van der Waals surface area contributed by atoms with Gasteiger partial charge in [-0.25, -0.2) is 0 Å². The molecule has 0 unspecified atom stereocenters. The molecule has 3 fully saturated rings. The zero-order valence-corrected chi connectivity index (χ0v) is 18.9. The summed E-state index contributed by atoms with van der Waals surface area (Å²) in [5.74, 6) is 0.310. The first kappa shape index (κ1) is 20.8. The van der Waals surface area contributed by atoms with Gasteiger partial charge in [-0.2, -0.15) is 0 Å². The van der Waals surface area contributed by atoms with Gasteiger partial charge in [-0.3, -0.25) is 19.4 Å². The van der Waals surface area contributed by atoms with Crippen LogP contribution in [0, 0.1) is 6.92 Å². The summed E-state index contributed by atoms with van der Waals surface area (Å²) < 4.78 is 0.963. The lowest BCUT2D eigenvalue weighted by Crippen LogP contribution is -2.56. The number of piperazine rings is 2. The number of aryl methyl sites for hydroxylation is 1. The van der Waals surface area contributed by atoms with Gasteiger partial charge in [0.25, 0.3) is 5.91 Å². The van der Waals surface area contributed by atoms with Crippen molar-refractivity contribution in [1.82, 2.24) is 19.6 Å². The van der Waals surface area contributed by atoms with Crippen molar-refractivity contribution in [2.45, 2.75) is 32.2 Å². The van der Waals surface area contributed by atoms with Gasteiger partial charge in [0.15, 0.2) is 0 Å². The van der Waals surface area contributed by atoms with Gasteiger partial charge in [-0.05, 0) is 37.5 Å². The monoisotopic (exact) mass is 462 g/mol. The summed E-state index contributed by atoms with van der Waals surface area (Å²) in [6.07, 6.45) is 4.02. The molecule has 29 heavy (non-hydrogen) atoms. The van der Waals surface area contributed by atoms with Crippen LogP contribution in [0.3, 0.4) is 0 Å². The standard InChI is InChI=1S/C22H31BrN4O2/c1-17-5-6-18(15-20(17)23)22(29)27-9-7-24(8-10-27)16-21(28)26-13-11-25(12-14-26)19-3-2-4-19/h5-6,15,19H,2-4,7-14,16H2,1H3. The van der Waals surface area contributed by atoms with Crippen LogP contribution in [0.15, 0.2) is 22.7 Å². The van der Waals surface area contributed by atoms with Crippen LogP contribution in [0.4, 0.5) is 0 Å². The molecule has 2 heterocycles. The number of nitrogens with zero attached hydrogens (tertiary/aromatic N) is 4. The van der Waals surface area contributed by atoms with Gasteiger partial charge in [0.05, 0.1) is 6.54 Å². The van der Waals surface area contributed by atoms with Gasteiger partial charge in [0.2, 0.25) is 5.91 Å². The maximum Gasteiger partial charge on any atom is 0.253 e. The summed E-state index contributed by atoms with van der Waals surface area (Å²) in [6, 6.07) is 6.53. The lowest BCUT2D eigenvalue weighted by atomic mass is 9.91. The van der Waals surface area contributed by atoms with Gasteiger partial charge in [0, 0.05) is 68.4 Å². The third kappa shape index (κ3) is 4.84. The molecule has 0 radical (unpaired) electrons. The van der Waals surface area contributed by atoms with E-state index in [1.54, 1.807) is 0 Å². The predicted molar refractivity (Wildman–Crippen MR) is 117 cm³/mol. The molecule has 1 saturated carbocycles. The normalized spacial score (nSPS) is 21.9. The molecular weight excluding hydrogens is 432 g/mol. The number of halogens is 1. The van der Waals surface area contributed by atoms with Crippen molar-refractivity contribution in [2.75, 3.05) is 58.9 Å². The first-order valence-electron chi connectivity index (χ1n) is 10.8. The number of hydrogen-bond acceptors (Lipinski definition) is 4. The molecule has 1 aromatic carbocycles. The number of amides is 2. The van der Waals surface area contributed by atoms with Crippen LogP contribution in [0.1, 0.15) is 35.2 Å². The second-order valence-corrected chi connectivity index (χ2v) is 9.39. The summed E-state index contributed by atoms with van der Waals surface area (Å²) in [6.45, 7) is 9.10. The fraction of sp³-hybridized carbons (Fsp3) is 0.636. The first-order chi connectivity index (χ1) is 14.0. The zero-order valence-electron chi connectivity index (χ0n) is 17.3. The Morgan fingerprint density at radius 2 is 1.62 bits per heavy atom. The molecule has 4 rings (SSSR count). The van der Waals surface area contributed by atoms with Gasteiger partial charge in [0.1, 0.15) is 0 Å². The molecular formula is C22H31BrN4O2. The zero-order chi connectivity index (χ0) is 20.4. The molecule has 0 spiro atoms. The number of carbonyl (C=O) groups excluding carboxylic acids is 2. The van der Waals surface area contributed by atoms with Crippen molar-refractivity contribution >= 4 is 27.7 Å². The lowest BCUT2D eigenvalue weighted by Gasteiger charge is -2.43. The molecule has 7 heteroatoms. The van der Waals surface area contributed by atoms with Gasteiger partial charge in [-0.1, -0.05) is 28.4 Å². The Hall–Kier alpha value is -1.44. The highest BCUT2D eigenvalue weighted by Gasteiger charge is 2.30. The maximum absolute atomic E-state index is 12.8. The number of benzene rings is 1. The van der Waals surface area contributed by atoms with E-state index in [0.29, 0.717) is 19.6 Å². The van der Waals surface area contributed by atoms with Crippen LogP contribution < -0.4 is 0 Å². The SMILES string of the molecule is Cc1ccc(C(=O)N2CCN(CC(=O)N3CCN(C4CCC4)CC3)CC2)cc1Br. The summed E-state index contributed by atoms with van der Waals surface area (Å²) in [7, 11) is 0. The van der Waals surface area contributed by atoms with Gasteiger partial charge in [-0.15, -0.1) is 0 Å². The lowest BCUT2D eigenvalue weighted by molar-refractivity contribution is -0.135. The third-order valence-electron chi connectivity index (χ3n) is 6.70. The second kappa shape index (κ2) is 9.14. The quantitative estimate of drug-likeness (QED) is 0.687. The molecule has 3 aliphatic rings. The Kier molecular flexibility index (Phi) is 6.56. The van der Waals surface area contributed by atoms with Crippen molar-refractivity contribution in [3.8, 4) is 0 Å². The second-order valence-electron chi connectivity index (χ2n) is 8.53. The van der Waals surface area contributed by atoms with Crippen LogP contribution >= 0.6 is 15.9 Å². The van der Waals surface area contributed by atoms with E-state index < -0.39 is 0 Å². The summed E-state index contributed by atoms with van der Waals surface area (Å²) in [5, 5.41) is 0. The third-order valence-corrected chi connectivity index (χ3v) is 7.55. The molecule has 0 aromatic heterocycles. The Morgan fingerprint density at radius 1 is 0.966 bits per heavy atom. The highest BCUT2D eigenvalue weighted by molar-refractivity contribution is 9.10. The van der Waals surface area contributed by atoms with Crippen molar-refractivity contribution in [3.63, 3.8) is 0 Å². The van der Waals surface area contributed by atoms with Crippen LogP contribution in [0.5, 0.6) is 0 Å². The summed E-state index contributed by atoms with van der Waals surface area (Å²) in [5.41, 5.74) is 1.84. The Bertz CT molecular complexity index is 751. The molecule has 0 bridgehead atoms. The van der Waals surface area contributed by atoms with Gasteiger partial charge >= 0.3 is 0 Å². The average molecular weight is 463 g/mol. The van der Waals surface area contributed by atoms with Crippen LogP contribution in [-0.4, -0.2) is 96.4 Å². The van der Waals surface area contributed by atoms with Crippen LogP contribution in [-0.2, 0) is 4.79 Å². The van der Waals surface area contributed by atoms with E-state index in [-0.39, 0.29) is 11.8 Å². The van der Waals surface area contributed by atoms with E-state index in [0.717, 1.165) is 60.9 Å². The van der Waals surface area contributed by atoms with Crippen LogP contribution in [0.25, 0.3) is 0 Å². The van der Waals surface area contributed by atoms with E-state index in [4.69, 9.17) is 0 Å². The minimum Gasteiger partial charge on any atom is -0.339 e. The average Bonchev–Trinajstić information content (AvgIpc) is 2.69. The smallest absolute Gasteiger partial charge is 0.253 e. The molecule has 1 aromatic rings. The van der Waals surface area contributed by atoms with E-state index >= 15 is 0 Å². The molecule has 6 nitrogen and oxygen atoms in total. The Morgan fingerprint density at radius 3 is 2.21 bits per heavy atom. The molecule has 2 aliphatic heterocycles. The number of carbonyl (C=O) groups is 2. The number of rotatable bonds is 4. The van der Waals surface area contributed by atoms with E-state index in [9.17, 15) is 9.59 Å². The number of hydrogen-bond donors (Lipinski definition) is 0. The molecule has 2 saturated heterocycles. The largest absolute Gasteiger partial charge is 0.339 e. The topological polar surface area (TPSA) is 47.1 Å². The van der Waals surface area contributed by atoms with Crippen molar-refractivity contribution in [3.05, 3.63) is 33.8 Å². The fourth-order valence-corrected chi connectivity index (χ4v) is 4.78. The summed E-state index contributed by atoms with van der Waals surface area (Å²) >= 11 is 3.51. The van der Waals surface area contributed by atoms with Crippen molar-refractivity contribution in [1.29, 1.82) is 0 Å². The van der Waals surface area contributed by atoms with E-state index in [1.807, 2.05) is 34.9 Å². The predicted octanol–water partition coefficient (Wildman–Crippen LogP) is 2.21. The molecule has 2 amide bonds. The van der Waals surface area contributed by atoms with E-state index in [2.05, 4.69) is 25.7 Å². The van der Waals surface area contributed by atoms with Crippen molar-refractivity contribution in [2.24, 2.45) is 0 Å². The Labute approximate surface area is 181 Å². The summed E-state index contributed by atoms with van der Waals surface area (Å²) in [4.78, 5) is 34.1. The fourth-order valence-electron chi connectivity index (χ4n) is 4.40. The van der Waals surface area contributed by atoms with Crippen molar-refractivity contribution < 1.29 is 9.59 Å². The Balaban J connectivity index is 1.22. The van der Waals surface area contributed by atoms with Gasteiger partial charge < -0.3 is 9.80 Å². The molecule has 0 atom stereocenters. The molecule has 1 aliphatic carbocycles. The highest BCUT2D eigenvalue weighted by Crippen LogP contribution is 2.25. The molecule has 0 N–H and O–H groups in total.